The predicted molar refractivity (Wildman–Crippen MR) is 111 cm³/mol. The second-order valence-electron chi connectivity index (χ2n) is 8.30. The lowest BCUT2D eigenvalue weighted by molar-refractivity contribution is 1.02. The molecule has 0 saturated heterocycles. The van der Waals surface area contributed by atoms with Gasteiger partial charge in [0.1, 0.15) is 0 Å². The molecule has 0 atom stereocenters. The lowest BCUT2D eigenvalue weighted by Gasteiger charge is -2.20. The molecule has 0 unspecified atom stereocenters. The Morgan fingerprint density at radius 2 is 1.50 bits per heavy atom. The summed E-state index contributed by atoms with van der Waals surface area (Å²) in [6.45, 7) is 16.4. The van der Waals surface area contributed by atoms with Crippen molar-refractivity contribution < 1.29 is 0 Å². The van der Waals surface area contributed by atoms with Crippen LogP contribution in [0, 0.1) is 20.8 Å². The third-order valence-corrected chi connectivity index (χ3v) is 7.86. The van der Waals surface area contributed by atoms with E-state index in [1.165, 1.54) is 38.6 Å². The lowest BCUT2D eigenvalue weighted by Crippen LogP contribution is -2.37. The highest BCUT2D eigenvalue weighted by molar-refractivity contribution is 6.88. The fraction of sp³-hybridized carbons (Fsp3) is 0.391. The van der Waals surface area contributed by atoms with Gasteiger partial charge in [0.15, 0.2) is 0 Å². The summed E-state index contributed by atoms with van der Waals surface area (Å²) < 4.78 is 0. The summed E-state index contributed by atoms with van der Waals surface area (Å²) in [5, 5.41) is 1.54. The van der Waals surface area contributed by atoms with E-state index < -0.39 is 8.07 Å². The maximum absolute atomic E-state index is 2.45. The average Bonchev–Trinajstić information content (AvgIpc) is 2.97. The standard InChI is InChI=1S/C23H30Si/c1-8-18-13-21-16(3)15(2)17(4)23(22(21)14-18)19-9-11-20(12-10-19)24(5,6)7/h9-12,14H,8,13H2,1-7H3. The molecule has 0 heterocycles. The summed E-state index contributed by atoms with van der Waals surface area (Å²) in [6.07, 6.45) is 4.75. The average molecular weight is 335 g/mol. The maximum atomic E-state index is 2.45. The second-order valence-corrected chi connectivity index (χ2v) is 13.4. The molecule has 0 bridgehead atoms. The van der Waals surface area contributed by atoms with Crippen LogP contribution < -0.4 is 5.19 Å². The highest BCUT2D eigenvalue weighted by atomic mass is 28.3. The third-order valence-electron chi connectivity index (χ3n) is 5.79. The number of hydrogen-bond acceptors (Lipinski definition) is 0. The summed E-state index contributed by atoms with van der Waals surface area (Å²) in [7, 11) is -1.24. The van der Waals surface area contributed by atoms with Gasteiger partial charge in [-0.25, -0.2) is 0 Å². The van der Waals surface area contributed by atoms with Gasteiger partial charge in [-0.05, 0) is 72.6 Å². The van der Waals surface area contributed by atoms with E-state index in [-0.39, 0.29) is 0 Å². The molecule has 24 heavy (non-hydrogen) atoms. The Kier molecular flexibility index (Phi) is 4.33. The van der Waals surface area contributed by atoms with Crippen molar-refractivity contribution in [3.05, 3.63) is 57.7 Å². The van der Waals surface area contributed by atoms with Gasteiger partial charge >= 0.3 is 0 Å². The molecular weight excluding hydrogens is 304 g/mol. The van der Waals surface area contributed by atoms with Crippen LogP contribution in [-0.4, -0.2) is 8.07 Å². The van der Waals surface area contributed by atoms with Crippen LogP contribution in [-0.2, 0) is 6.42 Å². The van der Waals surface area contributed by atoms with Crippen LogP contribution in [0.15, 0.2) is 29.8 Å². The normalized spacial score (nSPS) is 13.9. The Morgan fingerprint density at radius 1 is 0.875 bits per heavy atom. The Bertz CT molecular complexity index is 815. The first-order valence-electron chi connectivity index (χ1n) is 9.17. The minimum Gasteiger partial charge on any atom is -0.0656 e. The zero-order valence-corrected chi connectivity index (χ0v) is 17.3. The largest absolute Gasteiger partial charge is 0.0775 e. The van der Waals surface area contributed by atoms with Crippen LogP contribution in [0.25, 0.3) is 17.2 Å². The van der Waals surface area contributed by atoms with Crippen molar-refractivity contribution in [1.82, 2.24) is 0 Å². The quantitative estimate of drug-likeness (QED) is 0.588. The van der Waals surface area contributed by atoms with Crippen molar-refractivity contribution in [3.63, 3.8) is 0 Å². The number of benzene rings is 2. The Morgan fingerprint density at radius 3 is 2.04 bits per heavy atom. The number of rotatable bonds is 3. The summed E-state index contributed by atoms with van der Waals surface area (Å²) in [4.78, 5) is 0. The van der Waals surface area contributed by atoms with Gasteiger partial charge in [-0.3, -0.25) is 0 Å². The molecule has 0 spiro atoms. The van der Waals surface area contributed by atoms with Crippen LogP contribution in [0.2, 0.25) is 19.6 Å². The molecule has 0 aliphatic heterocycles. The highest BCUT2D eigenvalue weighted by Gasteiger charge is 2.23. The first-order valence-corrected chi connectivity index (χ1v) is 12.7. The van der Waals surface area contributed by atoms with Crippen molar-refractivity contribution in [2.45, 2.75) is 60.2 Å². The van der Waals surface area contributed by atoms with E-state index in [0.717, 1.165) is 12.8 Å². The molecule has 126 valence electrons. The van der Waals surface area contributed by atoms with Crippen molar-refractivity contribution in [3.8, 4) is 11.1 Å². The minimum atomic E-state index is -1.24. The molecule has 3 rings (SSSR count). The van der Waals surface area contributed by atoms with Gasteiger partial charge in [0.25, 0.3) is 0 Å². The number of fused-ring (bicyclic) bond motifs is 1. The first-order chi connectivity index (χ1) is 11.2. The van der Waals surface area contributed by atoms with Crippen LogP contribution in [0.1, 0.15) is 41.2 Å². The van der Waals surface area contributed by atoms with E-state index in [1.807, 2.05) is 0 Å². The molecule has 2 aromatic rings. The molecule has 0 radical (unpaired) electrons. The van der Waals surface area contributed by atoms with Crippen molar-refractivity contribution in [2.24, 2.45) is 0 Å². The molecule has 0 fully saturated rings. The third kappa shape index (κ3) is 2.80. The fourth-order valence-corrected chi connectivity index (χ4v) is 5.02. The SMILES string of the molecule is CCC1=Cc2c(c(C)c(C)c(C)c2-c2ccc([Si](C)(C)C)cc2)C1. The Hall–Kier alpha value is -1.60. The smallest absolute Gasteiger partial charge is 0.0656 e. The first kappa shape index (κ1) is 17.2. The Labute approximate surface area is 148 Å². The van der Waals surface area contributed by atoms with E-state index in [0.29, 0.717) is 0 Å². The molecule has 0 aromatic heterocycles. The van der Waals surface area contributed by atoms with Crippen molar-refractivity contribution in [2.75, 3.05) is 0 Å². The van der Waals surface area contributed by atoms with Gasteiger partial charge in [-0.1, -0.05) is 67.7 Å². The van der Waals surface area contributed by atoms with Crippen molar-refractivity contribution >= 4 is 19.3 Å². The van der Waals surface area contributed by atoms with Gasteiger partial charge in [0.05, 0.1) is 8.07 Å². The second kappa shape index (κ2) is 6.04. The van der Waals surface area contributed by atoms with Crippen molar-refractivity contribution in [1.29, 1.82) is 0 Å². The van der Waals surface area contributed by atoms with E-state index in [4.69, 9.17) is 0 Å². The summed E-state index contributed by atoms with van der Waals surface area (Å²) >= 11 is 0. The van der Waals surface area contributed by atoms with E-state index in [2.05, 4.69) is 77.7 Å². The molecule has 0 saturated carbocycles. The maximum Gasteiger partial charge on any atom is 0.0775 e. The molecule has 1 aliphatic carbocycles. The summed E-state index contributed by atoms with van der Waals surface area (Å²) in [6, 6.07) is 9.43. The molecule has 0 N–H and O–H groups in total. The molecule has 2 aromatic carbocycles. The molecular formula is C23H30Si. The highest BCUT2D eigenvalue weighted by Crippen LogP contribution is 2.40. The number of allylic oxidation sites excluding steroid dienone is 1. The summed E-state index contributed by atoms with van der Waals surface area (Å²) in [5.74, 6) is 0. The zero-order chi connectivity index (χ0) is 17.6. The fourth-order valence-electron chi connectivity index (χ4n) is 3.86. The van der Waals surface area contributed by atoms with Gasteiger partial charge in [-0.15, -0.1) is 0 Å². The van der Waals surface area contributed by atoms with Gasteiger partial charge in [0.2, 0.25) is 0 Å². The topological polar surface area (TPSA) is 0 Å². The van der Waals surface area contributed by atoms with E-state index in [9.17, 15) is 0 Å². The zero-order valence-electron chi connectivity index (χ0n) is 16.3. The van der Waals surface area contributed by atoms with E-state index in [1.54, 1.807) is 11.1 Å². The van der Waals surface area contributed by atoms with Gasteiger partial charge < -0.3 is 0 Å². The summed E-state index contributed by atoms with van der Waals surface area (Å²) in [5.41, 5.74) is 11.8. The molecule has 0 amide bonds. The molecule has 0 nitrogen and oxygen atoms in total. The Balaban J connectivity index is 2.20. The van der Waals surface area contributed by atoms with Crippen LogP contribution in [0.5, 0.6) is 0 Å². The minimum absolute atomic E-state index is 1.14. The van der Waals surface area contributed by atoms with E-state index >= 15 is 0 Å². The number of hydrogen-bond donors (Lipinski definition) is 0. The van der Waals surface area contributed by atoms with Crippen LogP contribution in [0.3, 0.4) is 0 Å². The van der Waals surface area contributed by atoms with Crippen LogP contribution >= 0.6 is 0 Å². The van der Waals surface area contributed by atoms with Gasteiger partial charge in [-0.2, -0.15) is 0 Å². The lowest BCUT2D eigenvalue weighted by atomic mass is 9.86. The van der Waals surface area contributed by atoms with Gasteiger partial charge in [0, 0.05) is 0 Å². The molecule has 1 aliphatic rings. The monoisotopic (exact) mass is 334 g/mol. The predicted octanol–water partition coefficient (Wildman–Crippen LogP) is 6.17. The molecule has 1 heteroatoms. The van der Waals surface area contributed by atoms with Crippen LogP contribution in [0.4, 0.5) is 0 Å².